The van der Waals surface area contributed by atoms with Crippen LogP contribution in [0.15, 0.2) is 59.2 Å². The number of benzene rings is 2. The van der Waals surface area contributed by atoms with E-state index in [1.807, 2.05) is 0 Å². The molecule has 4 N–H and O–H groups in total. The number of amides is 2. The van der Waals surface area contributed by atoms with Crippen LogP contribution in [0.2, 0.25) is 0 Å². The minimum absolute atomic E-state index is 0.0648. The summed E-state index contributed by atoms with van der Waals surface area (Å²) in [6.07, 6.45) is -3.27. The molecule has 0 radical (unpaired) electrons. The molecule has 11 heteroatoms. The molecule has 0 spiro atoms. The monoisotopic (exact) mass is 433 g/mol. The molecular weight excluding hydrogens is 418 g/mol. The van der Waals surface area contributed by atoms with Gasteiger partial charge in [0.1, 0.15) is 11.7 Å². The predicted octanol–water partition coefficient (Wildman–Crippen LogP) is 4.87. The predicted molar refractivity (Wildman–Crippen MR) is 106 cm³/mol. The van der Waals surface area contributed by atoms with Gasteiger partial charge in [0.05, 0.1) is 35.4 Å². The summed E-state index contributed by atoms with van der Waals surface area (Å²) in [5.41, 5.74) is 4.79. The van der Waals surface area contributed by atoms with Crippen LogP contribution in [0, 0.1) is 11.2 Å². The third kappa shape index (κ3) is 3.65. The molecule has 7 nitrogen and oxygen atoms in total. The number of carbonyl (C=O) groups is 1. The molecule has 1 aromatic heterocycles. The van der Waals surface area contributed by atoms with Crippen molar-refractivity contribution >= 4 is 34.8 Å². The number of fused-ring (bicyclic) bond motifs is 1. The van der Waals surface area contributed by atoms with Crippen molar-refractivity contribution in [1.29, 1.82) is 5.41 Å². The van der Waals surface area contributed by atoms with Crippen molar-refractivity contribution in [2.45, 2.75) is 6.18 Å². The topological polar surface area (TPSA) is 98.6 Å². The number of nitrogens with one attached hydrogen (secondary N) is 2. The number of primary amides is 1. The highest BCUT2D eigenvalue weighted by Gasteiger charge is 2.33. The summed E-state index contributed by atoms with van der Waals surface area (Å²) in [4.78, 5) is 14.3. The van der Waals surface area contributed by atoms with Gasteiger partial charge in [0.25, 0.3) is 0 Å². The summed E-state index contributed by atoms with van der Waals surface area (Å²) in [6, 6.07) is 8.11. The SMILES string of the molecule is N=C1c2ccoc2NCN1c1ccc(N(C(N)=O)c2cc(C(F)(F)F)ccc2F)cc1. The molecule has 0 saturated heterocycles. The second kappa shape index (κ2) is 7.35. The van der Waals surface area contributed by atoms with Gasteiger partial charge in [0.2, 0.25) is 5.88 Å². The maximum Gasteiger partial charge on any atom is 0.416 e. The number of nitrogens with zero attached hydrogens (tertiary/aromatic N) is 2. The highest BCUT2D eigenvalue weighted by molar-refractivity contribution is 6.12. The smallest absolute Gasteiger partial charge is 0.416 e. The van der Waals surface area contributed by atoms with Crippen LogP contribution in [0.1, 0.15) is 11.1 Å². The minimum Gasteiger partial charge on any atom is -0.448 e. The van der Waals surface area contributed by atoms with Crippen LogP contribution in [0.3, 0.4) is 0 Å². The number of hydrogen-bond acceptors (Lipinski definition) is 4. The van der Waals surface area contributed by atoms with Crippen LogP contribution in [0.4, 0.5) is 45.3 Å². The van der Waals surface area contributed by atoms with Gasteiger partial charge >= 0.3 is 12.2 Å². The van der Waals surface area contributed by atoms with E-state index in [1.54, 1.807) is 11.0 Å². The lowest BCUT2D eigenvalue weighted by Gasteiger charge is -2.30. The molecule has 2 aromatic carbocycles. The molecule has 2 amide bonds. The summed E-state index contributed by atoms with van der Waals surface area (Å²) in [7, 11) is 0. The van der Waals surface area contributed by atoms with Gasteiger partial charge in [-0.2, -0.15) is 13.2 Å². The Balaban J connectivity index is 1.67. The Bertz CT molecular complexity index is 1160. The number of anilines is 4. The number of nitrogens with two attached hydrogens (primary N) is 1. The molecule has 160 valence electrons. The van der Waals surface area contributed by atoms with Gasteiger partial charge in [-0.15, -0.1) is 0 Å². The van der Waals surface area contributed by atoms with Crippen molar-refractivity contribution in [3.05, 3.63) is 71.7 Å². The van der Waals surface area contributed by atoms with Crippen molar-refractivity contribution in [1.82, 2.24) is 0 Å². The number of carbonyl (C=O) groups excluding carboxylic acids is 1. The summed E-state index contributed by atoms with van der Waals surface area (Å²) in [5, 5.41) is 11.3. The number of amidine groups is 1. The van der Waals surface area contributed by atoms with Crippen LogP contribution >= 0.6 is 0 Å². The van der Waals surface area contributed by atoms with E-state index < -0.39 is 29.3 Å². The Kier molecular flexibility index (Phi) is 4.80. The summed E-state index contributed by atoms with van der Waals surface area (Å²) in [6.45, 7) is 0.237. The van der Waals surface area contributed by atoms with E-state index in [2.05, 4.69) is 5.32 Å². The molecule has 1 aliphatic heterocycles. The van der Waals surface area contributed by atoms with Gasteiger partial charge in [-0.25, -0.2) is 9.18 Å². The van der Waals surface area contributed by atoms with Crippen LogP contribution in [-0.2, 0) is 6.18 Å². The van der Waals surface area contributed by atoms with E-state index in [1.165, 1.54) is 30.5 Å². The average Bonchev–Trinajstić information content (AvgIpc) is 3.19. The first-order valence-electron chi connectivity index (χ1n) is 8.91. The lowest BCUT2D eigenvalue weighted by molar-refractivity contribution is -0.137. The van der Waals surface area contributed by atoms with Gasteiger partial charge in [-0.05, 0) is 48.5 Å². The van der Waals surface area contributed by atoms with Crippen LogP contribution in [0.25, 0.3) is 0 Å². The number of alkyl halides is 3. The molecule has 2 heterocycles. The molecule has 0 bridgehead atoms. The zero-order valence-electron chi connectivity index (χ0n) is 15.7. The van der Waals surface area contributed by atoms with E-state index in [-0.39, 0.29) is 18.2 Å². The second-order valence-electron chi connectivity index (χ2n) is 6.63. The fourth-order valence-electron chi connectivity index (χ4n) is 3.26. The van der Waals surface area contributed by atoms with Gasteiger partial charge in [0, 0.05) is 5.69 Å². The van der Waals surface area contributed by atoms with Gasteiger partial charge in [-0.3, -0.25) is 10.3 Å². The average molecular weight is 433 g/mol. The normalized spacial score (nSPS) is 13.5. The third-order valence-electron chi connectivity index (χ3n) is 4.74. The lowest BCUT2D eigenvalue weighted by Crippen LogP contribution is -2.39. The van der Waals surface area contributed by atoms with Crippen LogP contribution < -0.4 is 20.9 Å². The van der Waals surface area contributed by atoms with E-state index in [0.29, 0.717) is 40.2 Å². The number of furan rings is 1. The Morgan fingerprint density at radius 2 is 1.87 bits per heavy atom. The molecule has 0 unspecified atom stereocenters. The van der Waals surface area contributed by atoms with E-state index >= 15 is 0 Å². The highest BCUT2D eigenvalue weighted by atomic mass is 19.4. The zero-order valence-corrected chi connectivity index (χ0v) is 15.7. The number of hydrogen-bond donors (Lipinski definition) is 3. The molecule has 0 saturated carbocycles. The number of rotatable bonds is 3. The molecule has 3 aromatic rings. The van der Waals surface area contributed by atoms with E-state index in [9.17, 15) is 22.4 Å². The van der Waals surface area contributed by atoms with Crippen molar-refractivity contribution in [2.75, 3.05) is 21.8 Å². The Morgan fingerprint density at radius 1 is 1.16 bits per heavy atom. The van der Waals surface area contributed by atoms with Crippen LogP contribution in [0.5, 0.6) is 0 Å². The molecule has 0 atom stereocenters. The van der Waals surface area contributed by atoms with Gasteiger partial charge < -0.3 is 20.4 Å². The maximum atomic E-state index is 14.3. The van der Waals surface area contributed by atoms with Crippen LogP contribution in [-0.4, -0.2) is 18.5 Å². The fourth-order valence-corrected chi connectivity index (χ4v) is 3.26. The standard InChI is InChI=1S/C20H15F4N5O2/c21-15-6-1-11(20(22,23)24)9-16(15)29(19(26)30)13-4-2-12(3-5-13)28-10-27-18-14(17(28)25)7-8-31-18/h1-9,25,27H,10H2,(H2,26,30). The third-order valence-corrected chi connectivity index (χ3v) is 4.74. The highest BCUT2D eigenvalue weighted by Crippen LogP contribution is 2.36. The summed E-state index contributed by atoms with van der Waals surface area (Å²) in [5.74, 6) is -0.394. The Morgan fingerprint density at radius 3 is 2.52 bits per heavy atom. The molecule has 0 fully saturated rings. The fraction of sp³-hybridized carbons (Fsp3) is 0.100. The molecule has 31 heavy (non-hydrogen) atoms. The summed E-state index contributed by atoms with van der Waals surface area (Å²) < 4.78 is 58.7. The first kappa shape index (κ1) is 20.3. The summed E-state index contributed by atoms with van der Waals surface area (Å²) >= 11 is 0. The second-order valence-corrected chi connectivity index (χ2v) is 6.63. The Labute approximate surface area is 173 Å². The zero-order chi connectivity index (χ0) is 22.3. The van der Waals surface area contributed by atoms with Crippen molar-refractivity contribution < 1.29 is 26.8 Å². The van der Waals surface area contributed by atoms with E-state index in [0.717, 1.165) is 0 Å². The number of halogens is 4. The molecule has 1 aliphatic rings. The Hall–Kier alpha value is -4.02. The molecular formula is C20H15F4N5O2. The quantitative estimate of drug-likeness (QED) is 0.514. The van der Waals surface area contributed by atoms with E-state index in [4.69, 9.17) is 15.6 Å². The molecule has 0 aliphatic carbocycles. The van der Waals surface area contributed by atoms with Crippen molar-refractivity contribution in [2.24, 2.45) is 5.73 Å². The first-order chi connectivity index (χ1) is 14.7. The van der Waals surface area contributed by atoms with Crippen molar-refractivity contribution in [3.63, 3.8) is 0 Å². The minimum atomic E-state index is -4.72. The lowest BCUT2D eigenvalue weighted by atomic mass is 10.1. The molecule has 4 rings (SSSR count). The van der Waals surface area contributed by atoms with Gasteiger partial charge in [0.15, 0.2) is 0 Å². The van der Waals surface area contributed by atoms with Crippen molar-refractivity contribution in [3.8, 4) is 0 Å². The number of urea groups is 1. The first-order valence-corrected chi connectivity index (χ1v) is 8.91. The van der Waals surface area contributed by atoms with Gasteiger partial charge in [-0.1, -0.05) is 0 Å². The largest absolute Gasteiger partial charge is 0.448 e. The maximum absolute atomic E-state index is 14.3.